The molecular formula is C15H20ClNO3. The van der Waals surface area contributed by atoms with Crippen molar-refractivity contribution in [2.75, 3.05) is 26.3 Å². The third-order valence-electron chi connectivity index (χ3n) is 3.62. The second kappa shape index (κ2) is 6.95. The van der Waals surface area contributed by atoms with Gasteiger partial charge in [-0.25, -0.2) is 0 Å². The van der Waals surface area contributed by atoms with Crippen LogP contribution in [0.5, 0.6) is 5.75 Å². The molecule has 20 heavy (non-hydrogen) atoms. The van der Waals surface area contributed by atoms with Crippen LogP contribution >= 0.6 is 11.6 Å². The fourth-order valence-electron chi connectivity index (χ4n) is 2.38. The van der Waals surface area contributed by atoms with Crippen molar-refractivity contribution < 1.29 is 14.6 Å². The number of rotatable bonds is 4. The van der Waals surface area contributed by atoms with Gasteiger partial charge < -0.3 is 14.7 Å². The van der Waals surface area contributed by atoms with E-state index in [0.29, 0.717) is 17.3 Å². The van der Waals surface area contributed by atoms with Crippen LogP contribution in [0.25, 0.3) is 0 Å². The monoisotopic (exact) mass is 297 g/mol. The van der Waals surface area contributed by atoms with Gasteiger partial charge in [-0.15, -0.1) is 0 Å². The predicted molar refractivity (Wildman–Crippen MR) is 78.1 cm³/mol. The van der Waals surface area contributed by atoms with E-state index in [1.807, 2.05) is 13.0 Å². The molecule has 1 fully saturated rings. The smallest absolute Gasteiger partial charge is 0.260 e. The highest BCUT2D eigenvalue weighted by Gasteiger charge is 2.23. The van der Waals surface area contributed by atoms with Crippen molar-refractivity contribution >= 4 is 17.5 Å². The number of aryl methyl sites for hydroxylation is 1. The number of ether oxygens (including phenoxy) is 1. The fourth-order valence-corrected chi connectivity index (χ4v) is 2.50. The zero-order valence-electron chi connectivity index (χ0n) is 11.6. The Hall–Kier alpha value is -1.26. The highest BCUT2D eigenvalue weighted by atomic mass is 35.5. The van der Waals surface area contributed by atoms with Crippen molar-refractivity contribution in [2.24, 2.45) is 5.92 Å². The molecule has 1 unspecified atom stereocenters. The number of aliphatic hydroxyl groups is 1. The highest BCUT2D eigenvalue weighted by Crippen LogP contribution is 2.21. The Bertz CT molecular complexity index is 478. The number of carbonyl (C=O) groups excluding carboxylic acids is 1. The van der Waals surface area contributed by atoms with Crippen molar-refractivity contribution in [3.63, 3.8) is 0 Å². The quantitative estimate of drug-likeness (QED) is 0.927. The number of hydrogen-bond acceptors (Lipinski definition) is 3. The lowest BCUT2D eigenvalue weighted by molar-refractivity contribution is -0.135. The molecule has 1 aromatic rings. The minimum atomic E-state index is -0.0317. The van der Waals surface area contributed by atoms with Crippen molar-refractivity contribution in [2.45, 2.75) is 19.8 Å². The number of benzene rings is 1. The molecule has 1 aliphatic heterocycles. The van der Waals surface area contributed by atoms with E-state index in [-0.39, 0.29) is 25.0 Å². The van der Waals surface area contributed by atoms with Gasteiger partial charge in [0, 0.05) is 24.7 Å². The zero-order valence-corrected chi connectivity index (χ0v) is 12.4. The second-order valence-corrected chi connectivity index (χ2v) is 5.64. The summed E-state index contributed by atoms with van der Waals surface area (Å²) >= 11 is 5.94. The van der Waals surface area contributed by atoms with Crippen LogP contribution in [-0.4, -0.2) is 42.2 Å². The van der Waals surface area contributed by atoms with Gasteiger partial charge in [0.05, 0.1) is 0 Å². The van der Waals surface area contributed by atoms with Gasteiger partial charge in [-0.3, -0.25) is 4.79 Å². The normalized spacial score (nSPS) is 18.9. The van der Waals surface area contributed by atoms with Crippen LogP contribution < -0.4 is 4.74 Å². The van der Waals surface area contributed by atoms with Crippen LogP contribution in [-0.2, 0) is 4.79 Å². The molecule has 0 bridgehead atoms. The molecule has 1 amide bonds. The maximum absolute atomic E-state index is 12.1. The van der Waals surface area contributed by atoms with E-state index in [1.54, 1.807) is 17.0 Å². The number of nitrogens with zero attached hydrogens (tertiary/aromatic N) is 1. The van der Waals surface area contributed by atoms with E-state index in [0.717, 1.165) is 24.9 Å². The van der Waals surface area contributed by atoms with Crippen LogP contribution in [0, 0.1) is 12.8 Å². The Kier molecular flexibility index (Phi) is 5.26. The van der Waals surface area contributed by atoms with Crippen molar-refractivity contribution in [3.8, 4) is 5.75 Å². The topological polar surface area (TPSA) is 49.8 Å². The number of carbonyl (C=O) groups is 1. The summed E-state index contributed by atoms with van der Waals surface area (Å²) in [5.74, 6) is 0.817. The van der Waals surface area contributed by atoms with E-state index in [2.05, 4.69) is 0 Å². The number of halogens is 1. The molecule has 0 spiro atoms. The van der Waals surface area contributed by atoms with E-state index >= 15 is 0 Å². The summed E-state index contributed by atoms with van der Waals surface area (Å²) in [5, 5.41) is 9.86. The lowest BCUT2D eigenvalue weighted by Gasteiger charge is -2.31. The summed E-state index contributed by atoms with van der Waals surface area (Å²) in [7, 11) is 0. The minimum Gasteiger partial charge on any atom is -0.484 e. The third kappa shape index (κ3) is 3.87. The third-order valence-corrected chi connectivity index (χ3v) is 4.05. The summed E-state index contributed by atoms with van der Waals surface area (Å²) in [6.45, 7) is 3.43. The van der Waals surface area contributed by atoms with Gasteiger partial charge in [-0.2, -0.15) is 0 Å². The average molecular weight is 298 g/mol. The first-order valence-electron chi connectivity index (χ1n) is 6.87. The molecular weight excluding hydrogens is 278 g/mol. The second-order valence-electron chi connectivity index (χ2n) is 5.23. The van der Waals surface area contributed by atoms with Gasteiger partial charge in [0.1, 0.15) is 5.75 Å². The number of aliphatic hydroxyl groups excluding tert-OH is 1. The van der Waals surface area contributed by atoms with Gasteiger partial charge in [-0.1, -0.05) is 11.6 Å². The van der Waals surface area contributed by atoms with E-state index in [4.69, 9.17) is 16.3 Å². The molecule has 0 saturated carbocycles. The molecule has 0 aliphatic carbocycles. The molecule has 5 heteroatoms. The van der Waals surface area contributed by atoms with Crippen LogP contribution in [0.1, 0.15) is 18.4 Å². The molecule has 4 nitrogen and oxygen atoms in total. The first-order valence-corrected chi connectivity index (χ1v) is 7.25. The van der Waals surface area contributed by atoms with Crippen LogP contribution in [0.3, 0.4) is 0 Å². The van der Waals surface area contributed by atoms with Gasteiger partial charge in [-0.05, 0) is 49.4 Å². The predicted octanol–water partition coefficient (Wildman–Crippen LogP) is 2.26. The van der Waals surface area contributed by atoms with E-state index < -0.39 is 0 Å². The standard InChI is InChI=1S/C15H20ClNO3/c1-11-7-13(4-5-14(11)16)20-10-15(19)17-6-2-3-12(8-17)9-18/h4-5,7,12,18H,2-3,6,8-10H2,1H3. The summed E-state index contributed by atoms with van der Waals surface area (Å²) in [5.41, 5.74) is 0.926. The molecule has 1 N–H and O–H groups in total. The van der Waals surface area contributed by atoms with Crippen LogP contribution in [0.4, 0.5) is 0 Å². The van der Waals surface area contributed by atoms with Gasteiger partial charge in [0.25, 0.3) is 5.91 Å². The number of amides is 1. The summed E-state index contributed by atoms with van der Waals surface area (Å²) in [6, 6.07) is 5.34. The maximum atomic E-state index is 12.1. The van der Waals surface area contributed by atoms with Crippen LogP contribution in [0.15, 0.2) is 18.2 Å². The Morgan fingerprint density at radius 3 is 3.05 bits per heavy atom. The molecule has 0 aromatic heterocycles. The lowest BCUT2D eigenvalue weighted by atomic mass is 9.99. The van der Waals surface area contributed by atoms with Gasteiger partial charge in [0.2, 0.25) is 0 Å². The minimum absolute atomic E-state index is 0.0270. The largest absolute Gasteiger partial charge is 0.484 e. The first kappa shape index (κ1) is 15.1. The number of hydrogen-bond donors (Lipinski definition) is 1. The average Bonchev–Trinajstić information content (AvgIpc) is 2.48. The Labute approximate surface area is 124 Å². The SMILES string of the molecule is Cc1cc(OCC(=O)N2CCCC(CO)C2)ccc1Cl. The first-order chi connectivity index (χ1) is 9.60. The summed E-state index contributed by atoms with van der Waals surface area (Å²) in [4.78, 5) is 13.8. The fraction of sp³-hybridized carbons (Fsp3) is 0.533. The molecule has 1 saturated heterocycles. The van der Waals surface area contributed by atoms with Gasteiger partial charge >= 0.3 is 0 Å². The molecule has 0 radical (unpaired) electrons. The van der Waals surface area contributed by atoms with Crippen molar-refractivity contribution in [3.05, 3.63) is 28.8 Å². The Balaban J connectivity index is 1.86. The molecule has 1 heterocycles. The number of likely N-dealkylation sites (tertiary alicyclic amines) is 1. The Morgan fingerprint density at radius 2 is 2.35 bits per heavy atom. The zero-order chi connectivity index (χ0) is 14.5. The van der Waals surface area contributed by atoms with Crippen LogP contribution in [0.2, 0.25) is 5.02 Å². The molecule has 1 aromatic carbocycles. The summed E-state index contributed by atoms with van der Waals surface area (Å²) in [6.07, 6.45) is 1.93. The molecule has 1 aliphatic rings. The van der Waals surface area contributed by atoms with Crippen molar-refractivity contribution in [1.29, 1.82) is 0 Å². The highest BCUT2D eigenvalue weighted by molar-refractivity contribution is 6.31. The van der Waals surface area contributed by atoms with E-state index in [1.165, 1.54) is 0 Å². The lowest BCUT2D eigenvalue weighted by Crippen LogP contribution is -2.43. The molecule has 110 valence electrons. The Morgan fingerprint density at radius 1 is 1.55 bits per heavy atom. The summed E-state index contributed by atoms with van der Waals surface area (Å²) < 4.78 is 5.51. The van der Waals surface area contributed by atoms with Gasteiger partial charge in [0.15, 0.2) is 6.61 Å². The maximum Gasteiger partial charge on any atom is 0.260 e. The number of piperidine rings is 1. The molecule has 1 atom stereocenters. The molecule has 2 rings (SSSR count). The van der Waals surface area contributed by atoms with E-state index in [9.17, 15) is 9.90 Å². The van der Waals surface area contributed by atoms with Crippen molar-refractivity contribution in [1.82, 2.24) is 4.90 Å².